The SMILES string of the molecule is O=C(O)COCCNC(=O)c1ccc(COc2ccc(Br)cc2)o1. The van der Waals surface area contributed by atoms with E-state index in [0.717, 1.165) is 4.47 Å². The monoisotopic (exact) mass is 397 g/mol. The molecule has 2 N–H and O–H groups in total. The predicted octanol–water partition coefficient (Wildman–Crippen LogP) is 2.45. The van der Waals surface area contributed by atoms with Crippen LogP contribution in [0.1, 0.15) is 16.3 Å². The van der Waals surface area contributed by atoms with Crippen molar-refractivity contribution in [3.05, 3.63) is 52.4 Å². The van der Waals surface area contributed by atoms with Crippen molar-refractivity contribution in [3.63, 3.8) is 0 Å². The molecule has 1 aromatic heterocycles. The Hall–Kier alpha value is -2.32. The smallest absolute Gasteiger partial charge is 0.329 e. The maximum atomic E-state index is 11.8. The molecule has 0 atom stereocenters. The molecule has 0 aliphatic rings. The first-order valence-electron chi connectivity index (χ1n) is 7.09. The van der Waals surface area contributed by atoms with Gasteiger partial charge in [-0.1, -0.05) is 15.9 Å². The average molecular weight is 398 g/mol. The standard InChI is InChI=1S/C16H16BrNO6/c17-11-1-3-12(4-2-11)23-9-13-5-6-14(24-13)16(21)18-7-8-22-10-15(19)20/h1-6H,7-10H2,(H,18,21)(H,19,20). The van der Waals surface area contributed by atoms with E-state index in [1.807, 2.05) is 24.3 Å². The Bertz CT molecular complexity index is 682. The normalized spacial score (nSPS) is 10.4. The summed E-state index contributed by atoms with van der Waals surface area (Å²) in [7, 11) is 0. The number of carbonyl (C=O) groups is 2. The van der Waals surface area contributed by atoms with Crippen LogP contribution in [0.2, 0.25) is 0 Å². The summed E-state index contributed by atoms with van der Waals surface area (Å²) in [6.45, 7) is 0.112. The molecule has 24 heavy (non-hydrogen) atoms. The van der Waals surface area contributed by atoms with Crippen molar-refractivity contribution in [2.24, 2.45) is 0 Å². The van der Waals surface area contributed by atoms with Gasteiger partial charge in [0, 0.05) is 11.0 Å². The maximum absolute atomic E-state index is 11.8. The quantitative estimate of drug-likeness (QED) is 0.630. The van der Waals surface area contributed by atoms with E-state index in [2.05, 4.69) is 21.2 Å². The highest BCUT2D eigenvalue weighted by Crippen LogP contribution is 2.18. The van der Waals surface area contributed by atoms with Crippen LogP contribution in [0.4, 0.5) is 0 Å². The molecule has 2 rings (SSSR count). The van der Waals surface area contributed by atoms with Crippen molar-refractivity contribution < 1.29 is 28.6 Å². The van der Waals surface area contributed by atoms with Crippen molar-refractivity contribution >= 4 is 27.8 Å². The molecule has 128 valence electrons. The third kappa shape index (κ3) is 6.05. The third-order valence-electron chi connectivity index (χ3n) is 2.84. The second-order valence-corrected chi connectivity index (χ2v) is 5.63. The lowest BCUT2D eigenvalue weighted by molar-refractivity contribution is -0.142. The van der Waals surface area contributed by atoms with Gasteiger partial charge in [-0.05, 0) is 36.4 Å². The largest absolute Gasteiger partial charge is 0.486 e. The van der Waals surface area contributed by atoms with Crippen LogP contribution in [0, 0.1) is 0 Å². The molecule has 0 fully saturated rings. The number of carbonyl (C=O) groups excluding carboxylic acids is 1. The minimum Gasteiger partial charge on any atom is -0.486 e. The Labute approximate surface area is 146 Å². The summed E-state index contributed by atoms with van der Waals surface area (Å²) in [5.41, 5.74) is 0. The lowest BCUT2D eigenvalue weighted by Crippen LogP contribution is -2.27. The Kier molecular flexibility index (Phi) is 6.83. The molecule has 8 heteroatoms. The summed E-state index contributed by atoms with van der Waals surface area (Å²) < 4.78 is 16.7. The number of rotatable bonds is 9. The van der Waals surface area contributed by atoms with Gasteiger partial charge in [-0.15, -0.1) is 0 Å². The van der Waals surface area contributed by atoms with Gasteiger partial charge in [0.15, 0.2) is 5.76 Å². The lowest BCUT2D eigenvalue weighted by Gasteiger charge is -2.04. The summed E-state index contributed by atoms with van der Waals surface area (Å²) >= 11 is 3.34. The Balaban J connectivity index is 1.74. The highest BCUT2D eigenvalue weighted by atomic mass is 79.9. The van der Waals surface area contributed by atoms with Crippen LogP contribution >= 0.6 is 15.9 Å². The Morgan fingerprint density at radius 1 is 1.17 bits per heavy atom. The minimum atomic E-state index is -1.05. The molecule has 0 saturated carbocycles. The third-order valence-corrected chi connectivity index (χ3v) is 3.37. The van der Waals surface area contributed by atoms with E-state index >= 15 is 0 Å². The van der Waals surface area contributed by atoms with Crippen LogP contribution in [0.15, 0.2) is 45.3 Å². The zero-order valence-corrected chi connectivity index (χ0v) is 14.2. The Morgan fingerprint density at radius 3 is 2.62 bits per heavy atom. The number of amides is 1. The van der Waals surface area contributed by atoms with Crippen LogP contribution in [0.25, 0.3) is 0 Å². The fraction of sp³-hybridized carbons (Fsp3) is 0.250. The fourth-order valence-electron chi connectivity index (χ4n) is 1.75. The van der Waals surface area contributed by atoms with Crippen LogP contribution in [0.5, 0.6) is 5.75 Å². The molecule has 0 unspecified atom stereocenters. The summed E-state index contributed by atoms with van der Waals surface area (Å²) in [5.74, 6) is -0.0874. The molecule has 0 aliphatic heterocycles. The molecule has 1 heterocycles. The van der Waals surface area contributed by atoms with Crippen molar-refractivity contribution in [3.8, 4) is 5.75 Å². The van der Waals surface area contributed by atoms with Crippen LogP contribution < -0.4 is 10.1 Å². The zero-order chi connectivity index (χ0) is 17.4. The zero-order valence-electron chi connectivity index (χ0n) is 12.7. The molecular formula is C16H16BrNO6. The molecule has 0 bridgehead atoms. The van der Waals surface area contributed by atoms with Gasteiger partial charge in [-0.3, -0.25) is 4.79 Å². The summed E-state index contributed by atoms with van der Waals surface area (Å²) in [6.07, 6.45) is 0. The number of ether oxygens (including phenoxy) is 2. The number of hydrogen-bond acceptors (Lipinski definition) is 5. The molecular weight excluding hydrogens is 382 g/mol. The van der Waals surface area contributed by atoms with E-state index in [4.69, 9.17) is 19.0 Å². The minimum absolute atomic E-state index is 0.109. The molecule has 0 radical (unpaired) electrons. The lowest BCUT2D eigenvalue weighted by atomic mass is 10.3. The number of halogens is 1. The average Bonchev–Trinajstić information content (AvgIpc) is 3.02. The highest BCUT2D eigenvalue weighted by molar-refractivity contribution is 9.10. The number of hydrogen-bond donors (Lipinski definition) is 2. The Morgan fingerprint density at radius 2 is 1.92 bits per heavy atom. The predicted molar refractivity (Wildman–Crippen MR) is 88.0 cm³/mol. The van der Waals surface area contributed by atoms with Crippen LogP contribution in [-0.4, -0.2) is 36.7 Å². The van der Waals surface area contributed by atoms with E-state index in [1.54, 1.807) is 12.1 Å². The second kappa shape index (κ2) is 9.09. The van der Waals surface area contributed by atoms with Gasteiger partial charge < -0.3 is 24.3 Å². The van der Waals surface area contributed by atoms with E-state index in [-0.39, 0.29) is 25.5 Å². The number of benzene rings is 1. The number of nitrogens with one attached hydrogen (secondary N) is 1. The van der Waals surface area contributed by atoms with Crippen molar-refractivity contribution in [1.82, 2.24) is 5.32 Å². The summed E-state index contributed by atoms with van der Waals surface area (Å²) in [5, 5.41) is 11.0. The maximum Gasteiger partial charge on any atom is 0.329 e. The summed E-state index contributed by atoms with van der Waals surface area (Å²) in [4.78, 5) is 22.1. The van der Waals surface area contributed by atoms with Crippen molar-refractivity contribution in [2.45, 2.75) is 6.61 Å². The first kappa shape index (κ1) is 18.0. The first-order chi connectivity index (χ1) is 11.5. The summed E-state index contributed by atoms with van der Waals surface area (Å²) in [6, 6.07) is 10.6. The number of carboxylic acids is 1. The van der Waals surface area contributed by atoms with Gasteiger partial charge in [0.2, 0.25) is 0 Å². The second-order valence-electron chi connectivity index (χ2n) is 4.71. The van der Waals surface area contributed by atoms with Crippen molar-refractivity contribution in [1.29, 1.82) is 0 Å². The number of carboxylic acid groups (broad SMARTS) is 1. The van der Waals surface area contributed by atoms with Gasteiger partial charge in [-0.2, -0.15) is 0 Å². The molecule has 0 saturated heterocycles. The van der Waals surface area contributed by atoms with Gasteiger partial charge in [-0.25, -0.2) is 4.79 Å². The van der Waals surface area contributed by atoms with E-state index < -0.39 is 18.5 Å². The number of aliphatic carboxylic acids is 1. The number of furan rings is 1. The fourth-order valence-corrected chi connectivity index (χ4v) is 2.01. The highest BCUT2D eigenvalue weighted by Gasteiger charge is 2.11. The topological polar surface area (TPSA) is 98.0 Å². The molecule has 7 nitrogen and oxygen atoms in total. The van der Waals surface area contributed by atoms with Gasteiger partial charge in [0.25, 0.3) is 5.91 Å². The van der Waals surface area contributed by atoms with E-state index in [0.29, 0.717) is 11.5 Å². The molecule has 1 aromatic carbocycles. The van der Waals surface area contributed by atoms with Crippen molar-refractivity contribution in [2.75, 3.05) is 19.8 Å². The van der Waals surface area contributed by atoms with Gasteiger partial charge in [0.1, 0.15) is 24.7 Å². The molecule has 1 amide bonds. The van der Waals surface area contributed by atoms with Gasteiger partial charge in [0.05, 0.1) is 6.61 Å². The molecule has 0 spiro atoms. The van der Waals surface area contributed by atoms with Gasteiger partial charge >= 0.3 is 5.97 Å². The molecule has 2 aromatic rings. The van der Waals surface area contributed by atoms with Crippen LogP contribution in [-0.2, 0) is 16.1 Å². The van der Waals surface area contributed by atoms with E-state index in [1.165, 1.54) is 0 Å². The molecule has 0 aliphatic carbocycles. The van der Waals surface area contributed by atoms with Crippen LogP contribution in [0.3, 0.4) is 0 Å². The first-order valence-corrected chi connectivity index (χ1v) is 7.88. The van der Waals surface area contributed by atoms with E-state index in [9.17, 15) is 9.59 Å².